The molecule has 0 aliphatic heterocycles. The van der Waals surface area contributed by atoms with Gasteiger partial charge in [0.05, 0.1) is 5.92 Å². The summed E-state index contributed by atoms with van der Waals surface area (Å²) in [6.45, 7) is 3.97. The van der Waals surface area contributed by atoms with Crippen molar-refractivity contribution in [3.8, 4) is 0 Å². The molecule has 0 unspecified atom stereocenters. The summed E-state index contributed by atoms with van der Waals surface area (Å²) in [4.78, 5) is 10.7. The lowest BCUT2D eigenvalue weighted by Gasteiger charge is -2.05. The molecule has 0 aromatic heterocycles. The number of carbonyl (C=O) groups is 1. The maximum Gasteiger partial charge on any atom is 0.224 e. The first-order valence-electron chi connectivity index (χ1n) is 6.53. The van der Waals surface area contributed by atoms with E-state index in [2.05, 4.69) is 31.2 Å². The highest BCUT2D eigenvalue weighted by Crippen LogP contribution is 2.12. The Bertz CT molecular complexity index is 479. The Kier molecular flexibility index (Phi) is 6.37. The molecule has 19 heavy (non-hydrogen) atoms. The fourth-order valence-electron chi connectivity index (χ4n) is 1.62. The fraction of sp³-hybridized carbons (Fsp3) is 0.235. The van der Waals surface area contributed by atoms with Gasteiger partial charge in [-0.2, -0.15) is 0 Å². The highest BCUT2D eigenvalue weighted by atomic mass is 16.1. The van der Waals surface area contributed by atoms with Gasteiger partial charge in [0, 0.05) is 0 Å². The molecule has 1 amide bonds. The highest BCUT2D eigenvalue weighted by molar-refractivity contribution is 5.81. The Morgan fingerprint density at radius 2 is 1.47 bits per heavy atom. The smallest absolute Gasteiger partial charge is 0.224 e. The molecule has 0 spiro atoms. The lowest BCUT2D eigenvalue weighted by Crippen LogP contribution is -2.18. The topological polar surface area (TPSA) is 43.1 Å². The first-order chi connectivity index (χ1) is 9.15. The van der Waals surface area contributed by atoms with Crippen molar-refractivity contribution in [3.05, 3.63) is 71.8 Å². The summed E-state index contributed by atoms with van der Waals surface area (Å²) in [5.41, 5.74) is 7.51. The van der Waals surface area contributed by atoms with E-state index >= 15 is 0 Å². The second-order valence-electron chi connectivity index (χ2n) is 4.37. The SMILES string of the molecule is CCc1ccccc1.C[C@@H](C(N)=O)c1ccccc1. The zero-order valence-corrected chi connectivity index (χ0v) is 11.5. The Morgan fingerprint density at radius 1 is 1.00 bits per heavy atom. The number of primary amides is 1. The number of rotatable bonds is 3. The van der Waals surface area contributed by atoms with Crippen molar-refractivity contribution in [1.82, 2.24) is 0 Å². The van der Waals surface area contributed by atoms with E-state index in [0.29, 0.717) is 0 Å². The molecular formula is C17H21NO. The number of aryl methyl sites for hydroxylation is 1. The molecule has 1 atom stereocenters. The number of hydrogen-bond donors (Lipinski definition) is 1. The summed E-state index contributed by atoms with van der Waals surface area (Å²) in [6, 6.07) is 20.0. The van der Waals surface area contributed by atoms with Crippen LogP contribution < -0.4 is 5.73 Å². The molecule has 2 rings (SSSR count). The van der Waals surface area contributed by atoms with Crippen molar-refractivity contribution in [2.75, 3.05) is 0 Å². The largest absolute Gasteiger partial charge is 0.369 e. The first kappa shape index (κ1) is 15.0. The third-order valence-electron chi connectivity index (χ3n) is 2.98. The van der Waals surface area contributed by atoms with Gasteiger partial charge in [-0.1, -0.05) is 67.6 Å². The minimum absolute atomic E-state index is 0.184. The number of hydrogen-bond acceptors (Lipinski definition) is 1. The van der Waals surface area contributed by atoms with Crippen LogP contribution in [0.4, 0.5) is 0 Å². The van der Waals surface area contributed by atoms with Crippen molar-refractivity contribution in [1.29, 1.82) is 0 Å². The minimum atomic E-state index is -0.281. The molecule has 2 nitrogen and oxygen atoms in total. The van der Waals surface area contributed by atoms with Crippen LogP contribution in [0.2, 0.25) is 0 Å². The Hall–Kier alpha value is -2.09. The molecule has 0 saturated carbocycles. The van der Waals surface area contributed by atoms with Gasteiger partial charge in [0.25, 0.3) is 0 Å². The van der Waals surface area contributed by atoms with E-state index in [1.54, 1.807) is 6.92 Å². The van der Waals surface area contributed by atoms with Crippen LogP contribution in [-0.4, -0.2) is 5.91 Å². The van der Waals surface area contributed by atoms with Crippen LogP contribution in [0.1, 0.15) is 30.9 Å². The summed E-state index contributed by atoms with van der Waals surface area (Å²) in [5.74, 6) is -0.465. The molecule has 0 bridgehead atoms. The van der Waals surface area contributed by atoms with E-state index in [1.807, 2.05) is 36.4 Å². The Balaban J connectivity index is 0.000000200. The molecule has 2 N–H and O–H groups in total. The summed E-state index contributed by atoms with van der Waals surface area (Å²) in [5, 5.41) is 0. The molecule has 0 aliphatic carbocycles. The zero-order valence-electron chi connectivity index (χ0n) is 11.5. The average Bonchev–Trinajstić information content (AvgIpc) is 2.48. The summed E-state index contributed by atoms with van der Waals surface area (Å²) in [6.07, 6.45) is 1.14. The van der Waals surface area contributed by atoms with Gasteiger partial charge in [-0.25, -0.2) is 0 Å². The van der Waals surface area contributed by atoms with Crippen molar-refractivity contribution in [3.63, 3.8) is 0 Å². The first-order valence-corrected chi connectivity index (χ1v) is 6.53. The summed E-state index contributed by atoms with van der Waals surface area (Å²) >= 11 is 0. The number of amides is 1. The van der Waals surface area contributed by atoms with Gasteiger partial charge in [-0.3, -0.25) is 4.79 Å². The predicted molar refractivity (Wildman–Crippen MR) is 79.9 cm³/mol. The van der Waals surface area contributed by atoms with Crippen molar-refractivity contribution < 1.29 is 4.79 Å². The second kappa shape index (κ2) is 8.09. The molecule has 100 valence electrons. The van der Waals surface area contributed by atoms with Gasteiger partial charge in [0.1, 0.15) is 0 Å². The maximum absolute atomic E-state index is 10.7. The molecule has 0 radical (unpaired) electrons. The van der Waals surface area contributed by atoms with Crippen molar-refractivity contribution in [2.24, 2.45) is 5.73 Å². The molecule has 0 aliphatic rings. The van der Waals surface area contributed by atoms with Crippen molar-refractivity contribution in [2.45, 2.75) is 26.2 Å². The fourth-order valence-corrected chi connectivity index (χ4v) is 1.62. The van der Waals surface area contributed by atoms with Crippen LogP contribution in [0.15, 0.2) is 60.7 Å². The maximum atomic E-state index is 10.7. The molecule has 0 heterocycles. The van der Waals surface area contributed by atoms with Crippen LogP contribution in [0.25, 0.3) is 0 Å². The third kappa shape index (κ3) is 5.38. The van der Waals surface area contributed by atoms with E-state index in [1.165, 1.54) is 5.56 Å². The van der Waals surface area contributed by atoms with Crippen LogP contribution in [0.3, 0.4) is 0 Å². The number of nitrogens with two attached hydrogens (primary N) is 1. The molecule has 2 aromatic carbocycles. The monoisotopic (exact) mass is 255 g/mol. The van der Waals surface area contributed by atoms with E-state index < -0.39 is 0 Å². The molecule has 0 saturated heterocycles. The quantitative estimate of drug-likeness (QED) is 0.895. The van der Waals surface area contributed by atoms with Gasteiger partial charge >= 0.3 is 0 Å². The highest BCUT2D eigenvalue weighted by Gasteiger charge is 2.09. The number of benzene rings is 2. The van der Waals surface area contributed by atoms with E-state index in [9.17, 15) is 4.79 Å². The van der Waals surface area contributed by atoms with Crippen LogP contribution in [-0.2, 0) is 11.2 Å². The molecule has 0 fully saturated rings. The van der Waals surface area contributed by atoms with Crippen LogP contribution >= 0.6 is 0 Å². The molecule has 2 aromatic rings. The lowest BCUT2D eigenvalue weighted by molar-refractivity contribution is -0.119. The summed E-state index contributed by atoms with van der Waals surface area (Å²) < 4.78 is 0. The van der Waals surface area contributed by atoms with Gasteiger partial charge in [0.15, 0.2) is 0 Å². The third-order valence-corrected chi connectivity index (χ3v) is 2.98. The van der Waals surface area contributed by atoms with Gasteiger partial charge in [0.2, 0.25) is 5.91 Å². The molecule has 2 heteroatoms. The normalized spacial score (nSPS) is 11.1. The Morgan fingerprint density at radius 3 is 1.84 bits per heavy atom. The van der Waals surface area contributed by atoms with E-state index in [-0.39, 0.29) is 11.8 Å². The van der Waals surface area contributed by atoms with Crippen molar-refractivity contribution >= 4 is 5.91 Å². The second-order valence-corrected chi connectivity index (χ2v) is 4.37. The van der Waals surface area contributed by atoms with Gasteiger partial charge < -0.3 is 5.73 Å². The van der Waals surface area contributed by atoms with Gasteiger partial charge in [-0.15, -0.1) is 0 Å². The average molecular weight is 255 g/mol. The summed E-state index contributed by atoms with van der Waals surface area (Å²) in [7, 11) is 0. The predicted octanol–water partition coefficient (Wildman–Crippen LogP) is 3.52. The number of carbonyl (C=O) groups excluding carboxylic acids is 1. The Labute approximate surface area is 115 Å². The van der Waals surface area contributed by atoms with E-state index in [4.69, 9.17) is 5.73 Å². The van der Waals surface area contributed by atoms with E-state index in [0.717, 1.165) is 12.0 Å². The minimum Gasteiger partial charge on any atom is -0.369 e. The van der Waals surface area contributed by atoms with Crippen LogP contribution in [0.5, 0.6) is 0 Å². The molecular weight excluding hydrogens is 234 g/mol. The lowest BCUT2D eigenvalue weighted by atomic mass is 10.0. The zero-order chi connectivity index (χ0) is 14.1. The van der Waals surface area contributed by atoms with Crippen LogP contribution in [0, 0.1) is 0 Å². The van der Waals surface area contributed by atoms with Gasteiger partial charge in [-0.05, 0) is 24.5 Å². The standard InChI is InChI=1S/C9H11NO.C8H10/c1-7(9(10)11)8-5-3-2-4-6-8;1-2-8-6-4-3-5-7-8/h2-7H,1H3,(H2,10,11);3-7H,2H2,1H3/t7-;/m1./s1.